The highest BCUT2D eigenvalue weighted by atomic mass is 19.4. The summed E-state index contributed by atoms with van der Waals surface area (Å²) in [6.07, 6.45) is -3.31. The summed E-state index contributed by atoms with van der Waals surface area (Å²) in [6, 6.07) is 12.5. The van der Waals surface area contributed by atoms with E-state index in [9.17, 15) is 23.3 Å². The van der Waals surface area contributed by atoms with E-state index in [1.807, 2.05) is 30.3 Å². The highest BCUT2D eigenvalue weighted by Gasteiger charge is 2.33. The van der Waals surface area contributed by atoms with Gasteiger partial charge in [-0.3, -0.25) is 10.1 Å². The molecule has 0 bridgehead atoms. The Balaban J connectivity index is 1.65. The van der Waals surface area contributed by atoms with Crippen molar-refractivity contribution >= 4 is 11.4 Å². The zero-order chi connectivity index (χ0) is 19.4. The third-order valence-electron chi connectivity index (χ3n) is 4.58. The van der Waals surface area contributed by atoms with Crippen molar-refractivity contribution in [3.05, 3.63) is 69.8 Å². The van der Waals surface area contributed by atoms with Crippen LogP contribution in [-0.4, -0.2) is 24.1 Å². The standard InChI is InChI=1S/C19H19F3N2O3/c20-19(21,22)15-10-16(12-17(11-15)24(25)26)23-8-6-18(7-9-23)27-13-14-4-2-1-3-5-14/h1-5,10-12,18H,6-9,13H2. The number of nitro benzene ring substituents is 1. The van der Waals surface area contributed by atoms with Gasteiger partial charge in [-0.2, -0.15) is 13.2 Å². The van der Waals surface area contributed by atoms with Crippen molar-refractivity contribution < 1.29 is 22.8 Å². The van der Waals surface area contributed by atoms with Crippen LogP contribution < -0.4 is 4.90 Å². The van der Waals surface area contributed by atoms with Gasteiger partial charge >= 0.3 is 6.18 Å². The van der Waals surface area contributed by atoms with Gasteiger partial charge in [0.2, 0.25) is 0 Å². The molecule has 0 radical (unpaired) electrons. The summed E-state index contributed by atoms with van der Waals surface area (Å²) in [5.41, 5.74) is -0.275. The molecule has 0 aliphatic carbocycles. The van der Waals surface area contributed by atoms with Gasteiger partial charge < -0.3 is 9.64 Å². The largest absolute Gasteiger partial charge is 0.416 e. The third kappa shape index (κ3) is 4.97. The van der Waals surface area contributed by atoms with Crippen LogP contribution >= 0.6 is 0 Å². The summed E-state index contributed by atoms with van der Waals surface area (Å²) in [5.74, 6) is 0. The molecule has 27 heavy (non-hydrogen) atoms. The quantitative estimate of drug-likeness (QED) is 0.552. The van der Waals surface area contributed by atoms with Gasteiger partial charge in [0.05, 0.1) is 23.2 Å². The maximum atomic E-state index is 13.0. The lowest BCUT2D eigenvalue weighted by atomic mass is 10.1. The molecule has 1 aliphatic heterocycles. The Morgan fingerprint density at radius 1 is 1.11 bits per heavy atom. The van der Waals surface area contributed by atoms with Crippen molar-refractivity contribution in [3.8, 4) is 0 Å². The zero-order valence-corrected chi connectivity index (χ0v) is 14.5. The Morgan fingerprint density at radius 2 is 1.78 bits per heavy atom. The first-order valence-electron chi connectivity index (χ1n) is 8.60. The van der Waals surface area contributed by atoms with Crippen LogP contribution in [0.3, 0.4) is 0 Å². The average Bonchev–Trinajstić information content (AvgIpc) is 2.66. The van der Waals surface area contributed by atoms with Crippen molar-refractivity contribution in [1.29, 1.82) is 0 Å². The van der Waals surface area contributed by atoms with Crippen LogP contribution in [0, 0.1) is 10.1 Å². The number of alkyl halides is 3. The van der Waals surface area contributed by atoms with Crippen LogP contribution in [0.15, 0.2) is 48.5 Å². The smallest absolute Gasteiger partial charge is 0.373 e. The van der Waals surface area contributed by atoms with Crippen LogP contribution in [0.1, 0.15) is 24.0 Å². The van der Waals surface area contributed by atoms with Crippen molar-refractivity contribution in [2.45, 2.75) is 31.7 Å². The van der Waals surface area contributed by atoms with Gasteiger partial charge in [0.15, 0.2) is 0 Å². The van der Waals surface area contributed by atoms with Gasteiger partial charge in [-0.25, -0.2) is 0 Å². The molecule has 3 rings (SSSR count). The molecular formula is C19H19F3N2O3. The summed E-state index contributed by atoms with van der Waals surface area (Å²) in [5, 5.41) is 11.0. The van der Waals surface area contributed by atoms with E-state index in [1.165, 1.54) is 6.07 Å². The van der Waals surface area contributed by atoms with Crippen LogP contribution in [-0.2, 0) is 17.5 Å². The maximum absolute atomic E-state index is 13.0. The van der Waals surface area contributed by atoms with Gasteiger partial charge in [-0.15, -0.1) is 0 Å². The SMILES string of the molecule is O=[N+]([O-])c1cc(N2CCC(OCc3ccccc3)CC2)cc(C(F)(F)F)c1. The van der Waals surface area contributed by atoms with E-state index in [4.69, 9.17) is 4.74 Å². The molecule has 1 heterocycles. The molecule has 1 saturated heterocycles. The number of benzene rings is 2. The Kier molecular flexibility index (Phi) is 5.65. The van der Waals surface area contributed by atoms with Crippen molar-refractivity contribution in [3.63, 3.8) is 0 Å². The van der Waals surface area contributed by atoms with Crippen LogP contribution in [0.25, 0.3) is 0 Å². The second kappa shape index (κ2) is 7.96. The molecule has 1 aliphatic rings. The van der Waals surface area contributed by atoms with E-state index in [-0.39, 0.29) is 11.8 Å². The molecule has 5 nitrogen and oxygen atoms in total. The Morgan fingerprint density at radius 3 is 2.37 bits per heavy atom. The highest BCUT2D eigenvalue weighted by molar-refractivity contribution is 5.56. The summed E-state index contributed by atoms with van der Waals surface area (Å²) in [6.45, 7) is 1.45. The lowest BCUT2D eigenvalue weighted by Gasteiger charge is -2.33. The summed E-state index contributed by atoms with van der Waals surface area (Å²) < 4.78 is 45.0. The van der Waals surface area contributed by atoms with Gasteiger partial charge in [0, 0.05) is 30.9 Å². The van der Waals surface area contributed by atoms with Crippen LogP contribution in [0.5, 0.6) is 0 Å². The summed E-state index contributed by atoms with van der Waals surface area (Å²) in [7, 11) is 0. The highest BCUT2D eigenvalue weighted by Crippen LogP contribution is 2.36. The van der Waals surface area contributed by atoms with Crippen LogP contribution in [0.4, 0.5) is 24.5 Å². The summed E-state index contributed by atoms with van der Waals surface area (Å²) in [4.78, 5) is 11.9. The molecular weight excluding hydrogens is 361 g/mol. The predicted molar refractivity (Wildman–Crippen MR) is 94.6 cm³/mol. The third-order valence-corrected chi connectivity index (χ3v) is 4.58. The molecule has 1 fully saturated rings. The van der Waals surface area contributed by atoms with Gasteiger partial charge in [0.25, 0.3) is 5.69 Å². The molecule has 0 atom stereocenters. The Bertz CT molecular complexity index is 789. The molecule has 0 amide bonds. The monoisotopic (exact) mass is 380 g/mol. The molecule has 2 aromatic carbocycles. The van der Waals surface area contributed by atoms with E-state index in [1.54, 1.807) is 4.90 Å². The average molecular weight is 380 g/mol. The molecule has 144 valence electrons. The second-order valence-electron chi connectivity index (χ2n) is 6.48. The number of nitrogens with zero attached hydrogens (tertiary/aromatic N) is 2. The van der Waals surface area contributed by atoms with Crippen LogP contribution in [0.2, 0.25) is 0 Å². The van der Waals surface area contributed by atoms with E-state index in [2.05, 4.69) is 0 Å². The van der Waals surface area contributed by atoms with E-state index < -0.39 is 22.4 Å². The lowest BCUT2D eigenvalue weighted by molar-refractivity contribution is -0.385. The lowest BCUT2D eigenvalue weighted by Crippen LogP contribution is -2.37. The second-order valence-corrected chi connectivity index (χ2v) is 6.48. The molecule has 0 spiro atoms. The number of hydrogen-bond donors (Lipinski definition) is 0. The van der Waals surface area contributed by atoms with E-state index in [0.29, 0.717) is 38.6 Å². The number of ether oxygens (including phenoxy) is 1. The minimum absolute atomic E-state index is 0.0160. The topological polar surface area (TPSA) is 55.6 Å². The molecule has 0 saturated carbocycles. The Hall–Kier alpha value is -2.61. The van der Waals surface area contributed by atoms with Gasteiger partial charge in [-0.1, -0.05) is 30.3 Å². The fourth-order valence-corrected chi connectivity index (χ4v) is 3.12. The normalized spacial score (nSPS) is 15.7. The first-order chi connectivity index (χ1) is 12.8. The first kappa shape index (κ1) is 19.2. The van der Waals surface area contributed by atoms with E-state index >= 15 is 0 Å². The van der Waals surface area contributed by atoms with E-state index in [0.717, 1.165) is 11.6 Å². The number of piperidine rings is 1. The van der Waals surface area contributed by atoms with Gasteiger partial charge in [0.1, 0.15) is 0 Å². The van der Waals surface area contributed by atoms with Crippen molar-refractivity contribution in [1.82, 2.24) is 0 Å². The maximum Gasteiger partial charge on any atom is 0.416 e. The molecule has 2 aromatic rings. The molecule has 0 unspecified atom stereocenters. The minimum Gasteiger partial charge on any atom is -0.373 e. The summed E-state index contributed by atoms with van der Waals surface area (Å²) >= 11 is 0. The molecule has 0 aromatic heterocycles. The zero-order valence-electron chi connectivity index (χ0n) is 14.5. The Labute approximate surface area is 154 Å². The number of hydrogen-bond acceptors (Lipinski definition) is 4. The first-order valence-corrected chi connectivity index (χ1v) is 8.60. The fourth-order valence-electron chi connectivity index (χ4n) is 3.12. The van der Waals surface area contributed by atoms with Gasteiger partial charge in [-0.05, 0) is 24.5 Å². The molecule has 8 heteroatoms. The van der Waals surface area contributed by atoms with Crippen molar-refractivity contribution in [2.75, 3.05) is 18.0 Å². The van der Waals surface area contributed by atoms with Crippen molar-refractivity contribution in [2.24, 2.45) is 0 Å². The molecule has 0 N–H and O–H groups in total. The number of nitro groups is 1. The fraction of sp³-hybridized carbons (Fsp3) is 0.368. The number of halogens is 3. The number of rotatable bonds is 5. The number of non-ortho nitro benzene ring substituents is 1. The minimum atomic E-state index is -4.63. The predicted octanol–water partition coefficient (Wildman–Crippen LogP) is 4.80. The number of anilines is 1.